The van der Waals surface area contributed by atoms with Crippen molar-refractivity contribution in [2.45, 2.75) is 10.8 Å². The van der Waals surface area contributed by atoms with Crippen LogP contribution in [0.1, 0.15) is 44.5 Å². The van der Waals surface area contributed by atoms with E-state index in [1.165, 1.54) is 98.1 Å². The second-order valence-electron chi connectivity index (χ2n) is 18.8. The van der Waals surface area contributed by atoms with Crippen molar-refractivity contribution < 1.29 is 0 Å². The lowest BCUT2D eigenvalue weighted by atomic mass is 9.52. The maximum atomic E-state index is 5.20. The number of nitrogens with zero attached hydrogens (tertiary/aromatic N) is 1. The molecule has 15 rings (SSSR count). The van der Waals surface area contributed by atoms with Gasteiger partial charge in [0.05, 0.1) is 22.2 Å². The molecule has 2 aromatic heterocycles. The van der Waals surface area contributed by atoms with Gasteiger partial charge >= 0.3 is 0 Å². The van der Waals surface area contributed by atoms with Gasteiger partial charge in [-0.2, -0.15) is 0 Å². The van der Waals surface area contributed by atoms with E-state index in [1.807, 2.05) is 11.3 Å². The molecule has 3 aliphatic rings. The summed E-state index contributed by atoms with van der Waals surface area (Å²) < 4.78 is 2.64. The van der Waals surface area contributed by atoms with Crippen molar-refractivity contribution in [1.82, 2.24) is 4.98 Å². The third kappa shape index (κ3) is 5.22. The first-order valence-corrected chi connectivity index (χ1v) is 24.8. The fourth-order valence-corrected chi connectivity index (χ4v) is 14.0. The maximum absolute atomic E-state index is 5.20. The molecular weight excluding hydrogens is 851 g/mol. The monoisotopic (exact) mass is 891 g/mol. The molecule has 0 aliphatic heterocycles. The first kappa shape index (κ1) is 38.7. The molecule has 0 saturated heterocycles. The van der Waals surface area contributed by atoms with E-state index < -0.39 is 10.8 Å². The highest BCUT2D eigenvalue weighted by Crippen LogP contribution is 2.68. The smallest absolute Gasteiger partial charge is 0.0726 e. The first-order chi connectivity index (χ1) is 34.2. The van der Waals surface area contributed by atoms with Gasteiger partial charge < -0.3 is 0 Å². The fraction of sp³-hybridized carbons (Fsp3) is 0.0299. The number of fused-ring (bicyclic) bond motifs is 20. The van der Waals surface area contributed by atoms with E-state index in [9.17, 15) is 0 Å². The average Bonchev–Trinajstić information content (AvgIpc) is 4.05. The van der Waals surface area contributed by atoms with Crippen LogP contribution >= 0.6 is 11.3 Å². The van der Waals surface area contributed by atoms with Crippen molar-refractivity contribution in [1.29, 1.82) is 0 Å². The zero-order valence-corrected chi connectivity index (χ0v) is 38.3. The summed E-state index contributed by atoms with van der Waals surface area (Å²) in [5.41, 5.74) is 23.8. The van der Waals surface area contributed by atoms with Gasteiger partial charge in [-0.1, -0.05) is 212 Å². The van der Waals surface area contributed by atoms with Gasteiger partial charge in [-0.3, -0.25) is 0 Å². The molecule has 3 aliphatic carbocycles. The lowest BCUT2D eigenvalue weighted by Gasteiger charge is -2.49. The van der Waals surface area contributed by atoms with E-state index in [1.54, 1.807) is 0 Å². The highest BCUT2D eigenvalue weighted by Gasteiger charge is 2.59. The van der Waals surface area contributed by atoms with Crippen LogP contribution in [-0.4, -0.2) is 4.98 Å². The van der Waals surface area contributed by atoms with Crippen molar-refractivity contribution >= 4 is 31.5 Å². The largest absolute Gasteiger partial charge is 0.248 e. The number of pyridine rings is 1. The summed E-state index contributed by atoms with van der Waals surface area (Å²) in [5, 5.41) is 2.69. The van der Waals surface area contributed by atoms with E-state index in [0.29, 0.717) is 0 Å². The fourth-order valence-electron chi connectivity index (χ4n) is 12.9. The van der Waals surface area contributed by atoms with Crippen LogP contribution in [0, 0.1) is 0 Å². The number of benzene rings is 10. The van der Waals surface area contributed by atoms with Crippen LogP contribution < -0.4 is 0 Å². The Morgan fingerprint density at radius 1 is 0.275 bits per heavy atom. The molecule has 2 spiro atoms. The van der Waals surface area contributed by atoms with Crippen LogP contribution in [0.3, 0.4) is 0 Å². The Balaban J connectivity index is 0.991. The molecule has 2 heteroatoms. The van der Waals surface area contributed by atoms with E-state index in [2.05, 4.69) is 249 Å². The Labute approximate surface area is 405 Å². The summed E-state index contributed by atoms with van der Waals surface area (Å²) in [6.07, 6.45) is 0. The van der Waals surface area contributed by atoms with Gasteiger partial charge in [0, 0.05) is 31.3 Å². The SMILES string of the molecule is c1ccc(-c2cc(-c3cccc(-c4ccc5c(c4)-c4ccc6sc7ccccc7c6c4C54c5ccccc5C5(c6ccccc6-c6ccccc65)c5ccccc54)c3)cc(-c3ccccc3)n2)cc1. The minimum absolute atomic E-state index is 0.493. The van der Waals surface area contributed by atoms with Crippen LogP contribution in [0.4, 0.5) is 0 Å². The van der Waals surface area contributed by atoms with E-state index in [4.69, 9.17) is 4.98 Å². The van der Waals surface area contributed by atoms with Crippen molar-refractivity contribution in [2.24, 2.45) is 0 Å². The Morgan fingerprint density at radius 3 is 1.38 bits per heavy atom. The van der Waals surface area contributed by atoms with Crippen LogP contribution in [-0.2, 0) is 10.8 Å². The topological polar surface area (TPSA) is 12.9 Å². The van der Waals surface area contributed by atoms with Gasteiger partial charge in [0.1, 0.15) is 0 Å². The molecule has 0 radical (unpaired) electrons. The molecule has 1 nitrogen and oxygen atoms in total. The molecule has 2 heterocycles. The summed E-state index contributed by atoms with van der Waals surface area (Å²) in [6, 6.07) is 93.1. The second kappa shape index (κ2) is 14.5. The Hall–Kier alpha value is -8.43. The molecule has 0 bridgehead atoms. The van der Waals surface area contributed by atoms with Gasteiger partial charge in [-0.15, -0.1) is 11.3 Å². The molecule has 0 fully saturated rings. The van der Waals surface area contributed by atoms with Gasteiger partial charge in [-0.05, 0) is 125 Å². The maximum Gasteiger partial charge on any atom is 0.0726 e. The minimum Gasteiger partial charge on any atom is -0.248 e. The minimum atomic E-state index is -0.599. The molecule has 12 aromatic rings. The van der Waals surface area contributed by atoms with Crippen LogP contribution in [0.2, 0.25) is 0 Å². The normalized spacial score (nSPS) is 14.0. The summed E-state index contributed by atoms with van der Waals surface area (Å²) in [6.45, 7) is 0. The summed E-state index contributed by atoms with van der Waals surface area (Å²) in [7, 11) is 0. The predicted octanol–water partition coefficient (Wildman–Crippen LogP) is 17.2. The Bertz CT molecular complexity index is 3930. The standard InChI is InChI=1S/C67H41NS/c1-3-18-42(19-4-1)60-40-47(41-61(68-60)43-20-5-2-6-21-43)45-23-17-22-44(38-45)46-34-36-55-52(39-46)50-35-37-63-64(51-26-9-16-33-62(51)69-63)65(50)67(55)58-31-14-12-29-56(58)66(57-30-13-15-32-59(57)67)53-27-10-7-24-48(53)49-25-8-11-28-54(49)66/h1-41H. The van der Waals surface area contributed by atoms with Crippen molar-refractivity contribution in [3.8, 4) is 67.0 Å². The van der Waals surface area contributed by atoms with E-state index in [0.717, 1.165) is 33.6 Å². The van der Waals surface area contributed by atoms with Gasteiger partial charge in [0.15, 0.2) is 0 Å². The third-order valence-corrected chi connectivity index (χ3v) is 16.7. The molecule has 0 amide bonds. The molecule has 0 unspecified atom stereocenters. The molecule has 320 valence electrons. The predicted molar refractivity (Wildman–Crippen MR) is 287 cm³/mol. The molecule has 0 N–H and O–H groups in total. The summed E-state index contributed by atoms with van der Waals surface area (Å²) in [5.74, 6) is 0. The number of aromatic nitrogens is 1. The van der Waals surface area contributed by atoms with Gasteiger partial charge in [-0.25, -0.2) is 4.98 Å². The zero-order chi connectivity index (χ0) is 45.3. The quantitative estimate of drug-likeness (QED) is 0.172. The lowest BCUT2D eigenvalue weighted by molar-refractivity contribution is 0.635. The highest BCUT2D eigenvalue weighted by atomic mass is 32.1. The van der Waals surface area contributed by atoms with Gasteiger partial charge in [0.2, 0.25) is 0 Å². The molecule has 69 heavy (non-hydrogen) atoms. The molecular formula is C67H41NS. The average molecular weight is 892 g/mol. The van der Waals surface area contributed by atoms with Crippen LogP contribution in [0.25, 0.3) is 87.2 Å². The summed E-state index contributed by atoms with van der Waals surface area (Å²) in [4.78, 5) is 5.20. The number of rotatable bonds is 4. The van der Waals surface area contributed by atoms with Crippen molar-refractivity contribution in [2.75, 3.05) is 0 Å². The van der Waals surface area contributed by atoms with Crippen LogP contribution in [0.15, 0.2) is 249 Å². The number of thiophene rings is 1. The van der Waals surface area contributed by atoms with E-state index in [-0.39, 0.29) is 0 Å². The summed E-state index contributed by atoms with van der Waals surface area (Å²) >= 11 is 1.91. The molecule has 0 atom stereocenters. The number of hydrogen-bond acceptors (Lipinski definition) is 2. The second-order valence-corrected chi connectivity index (χ2v) is 19.9. The van der Waals surface area contributed by atoms with Crippen molar-refractivity contribution in [3.63, 3.8) is 0 Å². The van der Waals surface area contributed by atoms with Crippen LogP contribution in [0.5, 0.6) is 0 Å². The van der Waals surface area contributed by atoms with Gasteiger partial charge in [0.25, 0.3) is 0 Å². The molecule has 0 saturated carbocycles. The first-order valence-electron chi connectivity index (χ1n) is 23.9. The third-order valence-electron chi connectivity index (χ3n) is 15.5. The van der Waals surface area contributed by atoms with Crippen molar-refractivity contribution in [3.05, 3.63) is 293 Å². The highest BCUT2D eigenvalue weighted by molar-refractivity contribution is 7.25. The zero-order valence-electron chi connectivity index (χ0n) is 37.5. The number of hydrogen-bond donors (Lipinski definition) is 0. The lowest BCUT2D eigenvalue weighted by Crippen LogP contribution is -2.43. The molecule has 10 aromatic carbocycles. The van der Waals surface area contributed by atoms with E-state index >= 15 is 0 Å². The Morgan fingerprint density at radius 2 is 0.754 bits per heavy atom. The Kier molecular flexibility index (Phi) is 8.14.